The van der Waals surface area contributed by atoms with Crippen LogP contribution in [0.15, 0.2) is 24.3 Å². The Labute approximate surface area is 161 Å². The zero-order chi connectivity index (χ0) is 20.5. The Bertz CT molecular complexity index is 908. The summed E-state index contributed by atoms with van der Waals surface area (Å²) in [7, 11) is 0. The summed E-state index contributed by atoms with van der Waals surface area (Å²) in [6.45, 7) is 3.27. The van der Waals surface area contributed by atoms with Crippen molar-refractivity contribution in [1.29, 1.82) is 0 Å². The number of aryl methyl sites for hydroxylation is 1. The van der Waals surface area contributed by atoms with Gasteiger partial charge in [0.15, 0.2) is 0 Å². The van der Waals surface area contributed by atoms with Gasteiger partial charge in [0.1, 0.15) is 0 Å². The average Bonchev–Trinajstić information content (AvgIpc) is 3.04. The number of amides is 1. The first-order chi connectivity index (χ1) is 13.2. The zero-order valence-electron chi connectivity index (χ0n) is 14.7. The van der Waals surface area contributed by atoms with Crippen LogP contribution in [0, 0.1) is 17.0 Å². The average molecular weight is 415 g/mol. The Morgan fingerprint density at radius 3 is 2.54 bits per heavy atom. The van der Waals surface area contributed by atoms with E-state index in [9.17, 15) is 28.1 Å². The number of morpholine rings is 1. The summed E-state index contributed by atoms with van der Waals surface area (Å²) in [5, 5.41) is 13.1. The fourth-order valence-corrected chi connectivity index (χ4v) is 3.73. The lowest BCUT2D eigenvalue weighted by atomic mass is 10.1. The van der Waals surface area contributed by atoms with Crippen LogP contribution in [0.2, 0.25) is 0 Å². The maximum atomic E-state index is 13.5. The third-order valence-electron chi connectivity index (χ3n) is 4.25. The number of nitrogens with zero attached hydrogens (tertiary/aromatic N) is 2. The predicted octanol–water partition coefficient (Wildman–Crippen LogP) is 4.07. The molecular weight excluding hydrogens is 399 g/mol. The van der Waals surface area contributed by atoms with Crippen LogP contribution in [0.1, 0.15) is 20.1 Å². The molecule has 1 saturated heterocycles. The predicted molar refractivity (Wildman–Crippen MR) is 98.1 cm³/mol. The summed E-state index contributed by atoms with van der Waals surface area (Å²) in [5.41, 5.74) is -1.24. The SMILES string of the molecule is Cc1sc(C(=O)Nc2ccc(N3CCOCC3)cc2C(F)(F)F)cc1[N+](=O)[O-]. The second kappa shape index (κ2) is 7.76. The molecule has 0 spiro atoms. The highest BCUT2D eigenvalue weighted by atomic mass is 32.1. The molecule has 1 aromatic heterocycles. The van der Waals surface area contributed by atoms with Gasteiger partial charge in [-0.05, 0) is 25.1 Å². The first-order valence-corrected chi connectivity index (χ1v) is 9.08. The van der Waals surface area contributed by atoms with Crippen molar-refractivity contribution in [3.05, 3.63) is 49.7 Å². The van der Waals surface area contributed by atoms with Crippen LogP contribution in [0.4, 0.5) is 30.2 Å². The number of halogens is 3. The van der Waals surface area contributed by atoms with Gasteiger partial charge in [-0.15, -0.1) is 11.3 Å². The van der Waals surface area contributed by atoms with Gasteiger partial charge >= 0.3 is 6.18 Å². The van der Waals surface area contributed by atoms with Crippen molar-refractivity contribution < 1.29 is 27.6 Å². The number of thiophene rings is 1. The van der Waals surface area contributed by atoms with Gasteiger partial charge < -0.3 is 15.0 Å². The van der Waals surface area contributed by atoms with E-state index >= 15 is 0 Å². The molecule has 7 nitrogen and oxygen atoms in total. The van der Waals surface area contributed by atoms with Gasteiger partial charge in [0.2, 0.25) is 0 Å². The summed E-state index contributed by atoms with van der Waals surface area (Å²) >= 11 is 0.852. The lowest BCUT2D eigenvalue weighted by molar-refractivity contribution is -0.385. The van der Waals surface area contributed by atoms with E-state index in [1.807, 2.05) is 0 Å². The molecular formula is C17H16F3N3O4S. The van der Waals surface area contributed by atoms with E-state index in [-0.39, 0.29) is 10.6 Å². The summed E-state index contributed by atoms with van der Waals surface area (Å²) in [6, 6.07) is 4.74. The molecule has 11 heteroatoms. The Balaban J connectivity index is 1.89. The topological polar surface area (TPSA) is 84.7 Å². The van der Waals surface area contributed by atoms with E-state index in [2.05, 4.69) is 5.32 Å². The first kappa shape index (κ1) is 20.1. The van der Waals surface area contributed by atoms with E-state index in [1.54, 1.807) is 4.90 Å². The molecule has 1 aliphatic heterocycles. The molecule has 0 atom stereocenters. The van der Waals surface area contributed by atoms with Crippen LogP contribution in [-0.2, 0) is 10.9 Å². The van der Waals surface area contributed by atoms with Crippen molar-refractivity contribution in [1.82, 2.24) is 0 Å². The van der Waals surface area contributed by atoms with Crippen LogP contribution >= 0.6 is 11.3 Å². The van der Waals surface area contributed by atoms with Crippen molar-refractivity contribution in [3.63, 3.8) is 0 Å². The zero-order valence-corrected chi connectivity index (χ0v) is 15.5. The van der Waals surface area contributed by atoms with E-state index in [0.717, 1.165) is 23.5 Å². The van der Waals surface area contributed by atoms with Crippen molar-refractivity contribution in [3.8, 4) is 0 Å². The van der Waals surface area contributed by atoms with E-state index in [0.29, 0.717) is 36.9 Å². The lowest BCUT2D eigenvalue weighted by Crippen LogP contribution is -2.36. The van der Waals surface area contributed by atoms with E-state index in [4.69, 9.17) is 4.74 Å². The third kappa shape index (κ3) is 4.25. The van der Waals surface area contributed by atoms with Crippen LogP contribution in [0.3, 0.4) is 0 Å². The van der Waals surface area contributed by atoms with Gasteiger partial charge in [-0.25, -0.2) is 0 Å². The Kier molecular flexibility index (Phi) is 5.57. The molecule has 1 amide bonds. The Hall–Kier alpha value is -2.66. The van der Waals surface area contributed by atoms with Gasteiger partial charge in [-0.3, -0.25) is 14.9 Å². The number of hydrogen-bond acceptors (Lipinski definition) is 6. The molecule has 0 saturated carbocycles. The smallest absolute Gasteiger partial charge is 0.378 e. The molecule has 2 aromatic rings. The van der Waals surface area contributed by atoms with E-state index < -0.39 is 28.3 Å². The Morgan fingerprint density at radius 2 is 1.96 bits per heavy atom. The number of benzene rings is 1. The number of nitrogens with one attached hydrogen (secondary N) is 1. The molecule has 28 heavy (non-hydrogen) atoms. The molecule has 1 N–H and O–H groups in total. The molecule has 3 rings (SSSR count). The number of rotatable bonds is 4. The highest BCUT2D eigenvalue weighted by Crippen LogP contribution is 2.38. The van der Waals surface area contributed by atoms with Crippen molar-refractivity contribution >= 4 is 34.3 Å². The molecule has 0 aliphatic carbocycles. The maximum absolute atomic E-state index is 13.5. The van der Waals surface area contributed by atoms with Crippen LogP contribution < -0.4 is 10.2 Å². The number of nitro groups is 1. The highest BCUT2D eigenvalue weighted by molar-refractivity contribution is 7.14. The number of carbonyl (C=O) groups excluding carboxylic acids is 1. The molecule has 2 heterocycles. The minimum absolute atomic E-state index is 0.0328. The maximum Gasteiger partial charge on any atom is 0.418 e. The summed E-state index contributed by atoms with van der Waals surface area (Å²) < 4.78 is 45.8. The van der Waals surface area contributed by atoms with E-state index in [1.165, 1.54) is 19.1 Å². The largest absolute Gasteiger partial charge is 0.418 e. The van der Waals surface area contributed by atoms with Crippen LogP contribution in [-0.4, -0.2) is 37.1 Å². The van der Waals surface area contributed by atoms with Gasteiger partial charge in [0.25, 0.3) is 11.6 Å². The van der Waals surface area contributed by atoms with Crippen molar-refractivity contribution in [2.24, 2.45) is 0 Å². The molecule has 150 valence electrons. The minimum Gasteiger partial charge on any atom is -0.378 e. The highest BCUT2D eigenvalue weighted by Gasteiger charge is 2.35. The van der Waals surface area contributed by atoms with Gasteiger partial charge in [0.05, 0.1) is 39.1 Å². The number of ether oxygens (including phenoxy) is 1. The quantitative estimate of drug-likeness (QED) is 0.601. The summed E-state index contributed by atoms with van der Waals surface area (Å²) in [5.74, 6) is -0.828. The lowest BCUT2D eigenvalue weighted by Gasteiger charge is -2.29. The third-order valence-corrected chi connectivity index (χ3v) is 5.28. The number of carbonyl (C=O) groups is 1. The number of anilines is 2. The fourth-order valence-electron chi connectivity index (χ4n) is 2.84. The molecule has 0 bridgehead atoms. The molecule has 1 aromatic carbocycles. The Morgan fingerprint density at radius 1 is 1.29 bits per heavy atom. The molecule has 1 aliphatic rings. The standard InChI is InChI=1S/C17H16F3N3O4S/c1-10-14(23(25)26)9-15(28-10)16(24)21-13-3-2-11(8-12(13)17(18,19)20)22-4-6-27-7-5-22/h2-3,8-9H,4-7H2,1H3,(H,21,24). The second-order valence-electron chi connectivity index (χ2n) is 6.09. The fraction of sp³-hybridized carbons (Fsp3) is 0.353. The molecule has 0 unspecified atom stereocenters. The second-order valence-corrected chi connectivity index (χ2v) is 7.35. The van der Waals surface area contributed by atoms with Crippen molar-refractivity contribution in [2.75, 3.05) is 36.5 Å². The van der Waals surface area contributed by atoms with Crippen LogP contribution in [0.25, 0.3) is 0 Å². The monoisotopic (exact) mass is 415 g/mol. The number of alkyl halides is 3. The normalized spacial score (nSPS) is 14.8. The van der Waals surface area contributed by atoms with Gasteiger partial charge in [-0.2, -0.15) is 13.2 Å². The van der Waals surface area contributed by atoms with Gasteiger partial charge in [0, 0.05) is 24.8 Å². The molecule has 1 fully saturated rings. The molecule has 0 radical (unpaired) electrons. The first-order valence-electron chi connectivity index (χ1n) is 8.27. The number of hydrogen-bond donors (Lipinski definition) is 1. The summed E-state index contributed by atoms with van der Waals surface area (Å²) in [4.78, 5) is 24.7. The minimum atomic E-state index is -4.68. The van der Waals surface area contributed by atoms with Crippen molar-refractivity contribution in [2.45, 2.75) is 13.1 Å². The van der Waals surface area contributed by atoms with Gasteiger partial charge in [-0.1, -0.05) is 0 Å². The summed E-state index contributed by atoms with van der Waals surface area (Å²) in [6.07, 6.45) is -4.68. The van der Waals surface area contributed by atoms with Crippen LogP contribution in [0.5, 0.6) is 0 Å².